The summed E-state index contributed by atoms with van der Waals surface area (Å²) in [4.78, 5) is 17.8. The zero-order valence-corrected chi connectivity index (χ0v) is 12.9. The van der Waals surface area contributed by atoms with Crippen LogP contribution in [-0.2, 0) is 0 Å². The molecular weight excluding hydrogens is 279 g/mol. The van der Waals surface area contributed by atoms with Crippen molar-refractivity contribution in [2.75, 3.05) is 13.1 Å². The van der Waals surface area contributed by atoms with Gasteiger partial charge < -0.3 is 4.90 Å². The van der Waals surface area contributed by atoms with Gasteiger partial charge in [-0.2, -0.15) is 0 Å². The van der Waals surface area contributed by atoms with Gasteiger partial charge in [-0.1, -0.05) is 32.4 Å². The first-order valence-corrected chi connectivity index (χ1v) is 7.27. The number of carbonyl (C=O) groups is 1. The molecule has 1 aliphatic heterocycles. The van der Waals surface area contributed by atoms with Crippen LogP contribution in [0, 0.1) is 17.2 Å². The van der Waals surface area contributed by atoms with E-state index < -0.39 is 5.82 Å². The molecule has 0 atom stereocenters. The van der Waals surface area contributed by atoms with Crippen molar-refractivity contribution in [1.29, 1.82) is 0 Å². The van der Waals surface area contributed by atoms with Crippen LogP contribution in [0.4, 0.5) is 4.39 Å². The molecule has 1 saturated heterocycles. The molecule has 1 aromatic rings. The van der Waals surface area contributed by atoms with E-state index in [1.165, 1.54) is 0 Å². The maximum atomic E-state index is 13.2. The predicted molar refractivity (Wildman–Crippen MR) is 77.3 cm³/mol. The van der Waals surface area contributed by atoms with E-state index in [0.717, 1.165) is 25.1 Å². The smallest absolute Gasteiger partial charge is 0.257 e. The Kier molecular flexibility index (Phi) is 4.33. The number of aromatic nitrogens is 1. The van der Waals surface area contributed by atoms with Crippen LogP contribution in [0.25, 0.3) is 0 Å². The number of hydrogen-bond acceptors (Lipinski definition) is 2. The minimum absolute atomic E-state index is 0.0642. The quantitative estimate of drug-likeness (QED) is 0.739. The van der Waals surface area contributed by atoms with Crippen LogP contribution in [0.2, 0.25) is 5.15 Å². The molecule has 0 radical (unpaired) electrons. The van der Waals surface area contributed by atoms with Crippen molar-refractivity contribution in [2.45, 2.75) is 33.6 Å². The molecular formula is C15H20ClFN2O. The fourth-order valence-corrected chi connectivity index (χ4v) is 2.88. The minimum Gasteiger partial charge on any atom is -0.339 e. The Hall–Kier alpha value is -1.16. The summed E-state index contributed by atoms with van der Waals surface area (Å²) in [6.45, 7) is 8.05. The fraction of sp³-hybridized carbons (Fsp3) is 0.600. The summed E-state index contributed by atoms with van der Waals surface area (Å²) in [5, 5.41) is 0.0642. The number of pyridine rings is 1. The molecule has 0 N–H and O–H groups in total. The fourth-order valence-electron chi connectivity index (χ4n) is 2.69. The monoisotopic (exact) mass is 298 g/mol. The lowest BCUT2D eigenvalue weighted by atomic mass is 9.75. The van der Waals surface area contributed by atoms with Gasteiger partial charge in [-0.25, -0.2) is 9.37 Å². The standard InChI is InChI=1S/C15H20ClFN2O/c1-15(2,3)10-4-6-19(7-5-10)14(20)12-8-11(17)9-18-13(12)16/h8-10H,4-7H2,1-3H3. The average Bonchev–Trinajstić information content (AvgIpc) is 2.40. The van der Waals surface area contributed by atoms with Crippen molar-refractivity contribution < 1.29 is 9.18 Å². The van der Waals surface area contributed by atoms with Crippen molar-refractivity contribution in [1.82, 2.24) is 9.88 Å². The van der Waals surface area contributed by atoms with Gasteiger partial charge in [-0.3, -0.25) is 4.79 Å². The van der Waals surface area contributed by atoms with Gasteiger partial charge in [0.25, 0.3) is 5.91 Å². The lowest BCUT2D eigenvalue weighted by Crippen LogP contribution is -2.41. The maximum Gasteiger partial charge on any atom is 0.257 e. The van der Waals surface area contributed by atoms with Crippen LogP contribution in [0.5, 0.6) is 0 Å². The largest absolute Gasteiger partial charge is 0.339 e. The third-order valence-corrected chi connectivity index (χ3v) is 4.34. The molecule has 1 aromatic heterocycles. The Morgan fingerprint density at radius 3 is 2.55 bits per heavy atom. The average molecular weight is 299 g/mol. The number of piperidine rings is 1. The lowest BCUT2D eigenvalue weighted by Gasteiger charge is -2.38. The molecule has 0 unspecified atom stereocenters. The molecule has 0 aromatic carbocycles. The van der Waals surface area contributed by atoms with E-state index in [4.69, 9.17) is 11.6 Å². The Balaban J connectivity index is 2.07. The maximum absolute atomic E-state index is 13.2. The Morgan fingerprint density at radius 2 is 2.00 bits per heavy atom. The molecule has 2 heterocycles. The summed E-state index contributed by atoms with van der Waals surface area (Å²) in [6.07, 6.45) is 2.95. The highest BCUT2D eigenvalue weighted by Crippen LogP contribution is 2.34. The van der Waals surface area contributed by atoms with Gasteiger partial charge in [0.2, 0.25) is 0 Å². The number of halogens is 2. The normalized spacial score (nSPS) is 17.4. The molecule has 3 nitrogen and oxygen atoms in total. The van der Waals surface area contributed by atoms with E-state index in [1.807, 2.05) is 0 Å². The van der Waals surface area contributed by atoms with E-state index in [0.29, 0.717) is 19.0 Å². The topological polar surface area (TPSA) is 33.2 Å². The van der Waals surface area contributed by atoms with E-state index in [2.05, 4.69) is 25.8 Å². The van der Waals surface area contributed by atoms with Crippen molar-refractivity contribution in [3.8, 4) is 0 Å². The summed E-state index contributed by atoms with van der Waals surface area (Å²) >= 11 is 5.89. The first kappa shape index (κ1) is 15.2. The van der Waals surface area contributed by atoms with E-state index in [9.17, 15) is 9.18 Å². The second-order valence-corrected chi connectivity index (χ2v) is 6.78. The SMILES string of the molecule is CC(C)(C)C1CCN(C(=O)c2cc(F)cnc2Cl)CC1. The Labute approximate surface area is 124 Å². The van der Waals surface area contributed by atoms with Crippen LogP contribution in [0.15, 0.2) is 12.3 Å². The van der Waals surface area contributed by atoms with Crippen molar-refractivity contribution in [3.05, 3.63) is 28.8 Å². The zero-order chi connectivity index (χ0) is 14.9. The zero-order valence-electron chi connectivity index (χ0n) is 12.1. The van der Waals surface area contributed by atoms with Gasteiger partial charge >= 0.3 is 0 Å². The molecule has 0 saturated carbocycles. The highest BCUT2D eigenvalue weighted by molar-refractivity contribution is 6.32. The molecule has 5 heteroatoms. The van der Waals surface area contributed by atoms with Crippen LogP contribution in [0.3, 0.4) is 0 Å². The highest BCUT2D eigenvalue weighted by Gasteiger charge is 2.31. The second kappa shape index (κ2) is 5.68. The summed E-state index contributed by atoms with van der Waals surface area (Å²) in [5.41, 5.74) is 0.411. The number of likely N-dealkylation sites (tertiary alicyclic amines) is 1. The molecule has 20 heavy (non-hydrogen) atoms. The van der Waals surface area contributed by atoms with Crippen molar-refractivity contribution in [3.63, 3.8) is 0 Å². The van der Waals surface area contributed by atoms with Gasteiger partial charge in [0.1, 0.15) is 11.0 Å². The number of hydrogen-bond donors (Lipinski definition) is 0. The third-order valence-electron chi connectivity index (χ3n) is 4.04. The highest BCUT2D eigenvalue weighted by atomic mass is 35.5. The summed E-state index contributed by atoms with van der Waals surface area (Å²) in [6, 6.07) is 1.16. The van der Waals surface area contributed by atoms with Crippen molar-refractivity contribution in [2.24, 2.45) is 11.3 Å². The number of amides is 1. The van der Waals surface area contributed by atoms with Crippen LogP contribution in [-0.4, -0.2) is 28.9 Å². The van der Waals surface area contributed by atoms with Gasteiger partial charge in [-0.05, 0) is 30.2 Å². The van der Waals surface area contributed by atoms with Gasteiger partial charge in [0.15, 0.2) is 0 Å². The summed E-state index contributed by atoms with van der Waals surface area (Å²) in [7, 11) is 0. The summed E-state index contributed by atoms with van der Waals surface area (Å²) < 4.78 is 13.2. The second-order valence-electron chi connectivity index (χ2n) is 6.42. The first-order chi connectivity index (χ1) is 9.29. The van der Waals surface area contributed by atoms with E-state index in [1.54, 1.807) is 4.90 Å². The molecule has 0 bridgehead atoms. The van der Waals surface area contributed by atoms with Crippen molar-refractivity contribution >= 4 is 17.5 Å². The molecule has 1 amide bonds. The molecule has 110 valence electrons. The van der Waals surface area contributed by atoms with Gasteiger partial charge in [0.05, 0.1) is 11.8 Å². The molecule has 1 aliphatic rings. The number of carbonyl (C=O) groups excluding carboxylic acids is 1. The predicted octanol–water partition coefficient (Wildman–Crippen LogP) is 3.77. The van der Waals surface area contributed by atoms with Crippen LogP contribution in [0.1, 0.15) is 44.0 Å². The van der Waals surface area contributed by atoms with Crippen LogP contribution >= 0.6 is 11.6 Å². The van der Waals surface area contributed by atoms with Gasteiger partial charge in [-0.15, -0.1) is 0 Å². The Morgan fingerprint density at radius 1 is 1.40 bits per heavy atom. The molecule has 0 aliphatic carbocycles. The number of rotatable bonds is 1. The Bertz CT molecular complexity index is 505. The van der Waals surface area contributed by atoms with E-state index in [-0.39, 0.29) is 22.0 Å². The molecule has 1 fully saturated rings. The van der Waals surface area contributed by atoms with Gasteiger partial charge in [0, 0.05) is 13.1 Å². The summed E-state index contributed by atoms with van der Waals surface area (Å²) in [5.74, 6) is -0.163. The number of nitrogens with zero attached hydrogens (tertiary/aromatic N) is 2. The van der Waals surface area contributed by atoms with Crippen LogP contribution < -0.4 is 0 Å². The molecule has 2 rings (SSSR count). The van der Waals surface area contributed by atoms with E-state index >= 15 is 0 Å². The lowest BCUT2D eigenvalue weighted by molar-refractivity contribution is 0.0608. The minimum atomic E-state index is -0.540. The third kappa shape index (κ3) is 3.29. The molecule has 0 spiro atoms. The first-order valence-electron chi connectivity index (χ1n) is 6.89.